The van der Waals surface area contributed by atoms with Gasteiger partial charge in [0.25, 0.3) is 0 Å². The SMILES string of the molecule is C=CC.C=CC.O=C1CCCO1. The van der Waals surface area contributed by atoms with E-state index in [9.17, 15) is 4.79 Å². The van der Waals surface area contributed by atoms with Crippen LogP contribution in [0.2, 0.25) is 0 Å². The maximum Gasteiger partial charge on any atom is 0.305 e. The van der Waals surface area contributed by atoms with E-state index in [2.05, 4.69) is 17.9 Å². The summed E-state index contributed by atoms with van der Waals surface area (Å²) in [5.74, 6) is -0.0463. The third kappa shape index (κ3) is 16.0. The fourth-order valence-electron chi connectivity index (χ4n) is 0.475. The van der Waals surface area contributed by atoms with Gasteiger partial charge in [0, 0.05) is 6.42 Å². The van der Waals surface area contributed by atoms with Crippen molar-refractivity contribution in [2.45, 2.75) is 26.7 Å². The molecule has 0 amide bonds. The summed E-state index contributed by atoms with van der Waals surface area (Å²) >= 11 is 0. The molecule has 0 aliphatic carbocycles. The van der Waals surface area contributed by atoms with Crippen LogP contribution in [0, 0.1) is 0 Å². The Balaban J connectivity index is 0. The van der Waals surface area contributed by atoms with Gasteiger partial charge in [-0.05, 0) is 20.3 Å². The minimum Gasteiger partial charge on any atom is -0.466 e. The molecule has 0 atom stereocenters. The van der Waals surface area contributed by atoms with Gasteiger partial charge >= 0.3 is 5.97 Å². The molecule has 1 fully saturated rings. The molecule has 0 unspecified atom stereocenters. The van der Waals surface area contributed by atoms with Crippen LogP contribution in [0.1, 0.15) is 26.7 Å². The predicted octanol–water partition coefficient (Wildman–Crippen LogP) is 2.71. The third-order valence-corrected chi connectivity index (χ3v) is 0.788. The van der Waals surface area contributed by atoms with Gasteiger partial charge in [0.1, 0.15) is 0 Å². The second-order valence-electron chi connectivity index (χ2n) is 2.14. The van der Waals surface area contributed by atoms with E-state index in [4.69, 9.17) is 0 Å². The second kappa shape index (κ2) is 12.6. The molecule has 12 heavy (non-hydrogen) atoms. The van der Waals surface area contributed by atoms with Crippen LogP contribution in [0.25, 0.3) is 0 Å². The zero-order chi connectivity index (χ0) is 9.82. The highest BCUT2D eigenvalue weighted by Crippen LogP contribution is 2.01. The van der Waals surface area contributed by atoms with Crippen LogP contribution in [0.4, 0.5) is 0 Å². The van der Waals surface area contributed by atoms with Crippen LogP contribution < -0.4 is 0 Å². The maximum atomic E-state index is 10.0. The van der Waals surface area contributed by atoms with Gasteiger partial charge in [-0.25, -0.2) is 0 Å². The normalized spacial score (nSPS) is 12.7. The van der Waals surface area contributed by atoms with Gasteiger partial charge < -0.3 is 4.74 Å². The largest absolute Gasteiger partial charge is 0.466 e. The van der Waals surface area contributed by atoms with Gasteiger partial charge in [-0.2, -0.15) is 0 Å². The van der Waals surface area contributed by atoms with E-state index in [0.29, 0.717) is 13.0 Å². The van der Waals surface area contributed by atoms with Crippen LogP contribution in [0.3, 0.4) is 0 Å². The summed E-state index contributed by atoms with van der Waals surface area (Å²) in [6.45, 7) is 11.1. The Morgan fingerprint density at radius 1 is 1.33 bits per heavy atom. The molecule has 0 saturated carbocycles. The minimum absolute atomic E-state index is 0.0463. The van der Waals surface area contributed by atoms with E-state index < -0.39 is 0 Å². The van der Waals surface area contributed by atoms with Crippen molar-refractivity contribution in [3.63, 3.8) is 0 Å². The number of hydrogen-bond acceptors (Lipinski definition) is 2. The zero-order valence-corrected chi connectivity index (χ0v) is 8.01. The lowest BCUT2D eigenvalue weighted by Crippen LogP contribution is -1.88. The summed E-state index contributed by atoms with van der Waals surface area (Å²) < 4.78 is 4.51. The summed E-state index contributed by atoms with van der Waals surface area (Å²) in [6, 6.07) is 0. The van der Waals surface area contributed by atoms with Gasteiger partial charge in [-0.3, -0.25) is 4.79 Å². The van der Waals surface area contributed by atoms with Gasteiger partial charge in [0.2, 0.25) is 0 Å². The molecule has 0 aromatic rings. The van der Waals surface area contributed by atoms with E-state index in [0.717, 1.165) is 6.42 Å². The first kappa shape index (κ1) is 13.5. The Bertz CT molecular complexity index is 114. The van der Waals surface area contributed by atoms with E-state index in [1.54, 1.807) is 12.2 Å². The number of ether oxygens (including phenoxy) is 1. The van der Waals surface area contributed by atoms with Crippen LogP contribution in [-0.2, 0) is 9.53 Å². The highest BCUT2D eigenvalue weighted by atomic mass is 16.5. The number of carbonyl (C=O) groups excluding carboxylic acids is 1. The molecule has 1 aliphatic heterocycles. The molecule has 0 bridgehead atoms. The molecule has 1 saturated heterocycles. The van der Waals surface area contributed by atoms with E-state index in [1.807, 2.05) is 13.8 Å². The molecule has 0 aromatic heterocycles. The highest BCUT2D eigenvalue weighted by molar-refractivity contribution is 5.70. The molecule has 2 nitrogen and oxygen atoms in total. The van der Waals surface area contributed by atoms with Gasteiger partial charge in [0.15, 0.2) is 0 Å². The van der Waals surface area contributed by atoms with Crippen molar-refractivity contribution in [2.75, 3.05) is 6.61 Å². The Morgan fingerprint density at radius 3 is 1.83 bits per heavy atom. The van der Waals surface area contributed by atoms with Gasteiger partial charge in [0.05, 0.1) is 6.61 Å². The van der Waals surface area contributed by atoms with Crippen molar-refractivity contribution in [3.8, 4) is 0 Å². The Morgan fingerprint density at radius 2 is 1.75 bits per heavy atom. The number of cyclic esters (lactones) is 1. The summed E-state index contributed by atoms with van der Waals surface area (Å²) in [7, 11) is 0. The van der Waals surface area contributed by atoms with Crippen molar-refractivity contribution in [1.82, 2.24) is 0 Å². The van der Waals surface area contributed by atoms with Crippen molar-refractivity contribution in [3.05, 3.63) is 25.3 Å². The fraction of sp³-hybridized carbons (Fsp3) is 0.500. The smallest absolute Gasteiger partial charge is 0.305 e. The number of allylic oxidation sites excluding steroid dienone is 2. The monoisotopic (exact) mass is 170 g/mol. The fourth-order valence-corrected chi connectivity index (χ4v) is 0.475. The van der Waals surface area contributed by atoms with E-state index in [-0.39, 0.29) is 5.97 Å². The van der Waals surface area contributed by atoms with Gasteiger partial charge in [-0.1, -0.05) is 12.2 Å². The highest BCUT2D eigenvalue weighted by Gasteiger charge is 2.08. The van der Waals surface area contributed by atoms with Gasteiger partial charge in [-0.15, -0.1) is 13.2 Å². The predicted molar refractivity (Wildman–Crippen MR) is 51.9 cm³/mol. The number of esters is 1. The Labute approximate surface area is 74.9 Å². The summed E-state index contributed by atoms with van der Waals surface area (Å²) in [4.78, 5) is 10.0. The standard InChI is InChI=1S/C4H6O2.2C3H6/c5-4-2-1-3-6-4;2*1-3-2/h1-3H2;2*3H,1H2,2H3. The lowest BCUT2D eigenvalue weighted by molar-refractivity contribution is -0.137. The average Bonchev–Trinajstić information content (AvgIpc) is 2.43. The van der Waals surface area contributed by atoms with Crippen LogP contribution >= 0.6 is 0 Å². The quantitative estimate of drug-likeness (QED) is 0.412. The molecule has 0 N–H and O–H groups in total. The van der Waals surface area contributed by atoms with Crippen molar-refractivity contribution < 1.29 is 9.53 Å². The summed E-state index contributed by atoms with van der Waals surface area (Å²) in [5.41, 5.74) is 0. The second-order valence-corrected chi connectivity index (χ2v) is 2.14. The first-order chi connectivity index (χ1) is 5.72. The topological polar surface area (TPSA) is 26.3 Å². The molecule has 0 radical (unpaired) electrons. The lowest BCUT2D eigenvalue weighted by atomic mass is 10.4. The van der Waals surface area contributed by atoms with Crippen LogP contribution in [0.15, 0.2) is 25.3 Å². The minimum atomic E-state index is -0.0463. The van der Waals surface area contributed by atoms with Crippen LogP contribution in [0.5, 0.6) is 0 Å². The summed E-state index contributed by atoms with van der Waals surface area (Å²) in [6.07, 6.45) is 5.04. The molecule has 0 aromatic carbocycles. The van der Waals surface area contributed by atoms with Crippen molar-refractivity contribution >= 4 is 5.97 Å². The van der Waals surface area contributed by atoms with Crippen molar-refractivity contribution in [2.24, 2.45) is 0 Å². The van der Waals surface area contributed by atoms with E-state index in [1.165, 1.54) is 0 Å². The molecule has 1 heterocycles. The Kier molecular flexibility index (Phi) is 14.2. The van der Waals surface area contributed by atoms with Crippen molar-refractivity contribution in [1.29, 1.82) is 0 Å². The molecule has 0 spiro atoms. The Hall–Kier alpha value is -1.05. The third-order valence-electron chi connectivity index (χ3n) is 0.788. The molecule has 1 rings (SSSR count). The van der Waals surface area contributed by atoms with Crippen LogP contribution in [-0.4, -0.2) is 12.6 Å². The number of carbonyl (C=O) groups is 1. The average molecular weight is 170 g/mol. The lowest BCUT2D eigenvalue weighted by Gasteiger charge is -1.81. The summed E-state index contributed by atoms with van der Waals surface area (Å²) in [5, 5.41) is 0. The molecular formula is C10H18O2. The molecule has 2 heteroatoms. The van der Waals surface area contributed by atoms with E-state index >= 15 is 0 Å². The number of rotatable bonds is 0. The first-order valence-electron chi connectivity index (χ1n) is 4.02. The number of hydrogen-bond donors (Lipinski definition) is 0. The maximum absolute atomic E-state index is 10.0. The molecule has 1 aliphatic rings. The molecular weight excluding hydrogens is 152 g/mol. The zero-order valence-electron chi connectivity index (χ0n) is 8.01. The molecule has 70 valence electrons. The first-order valence-corrected chi connectivity index (χ1v) is 4.02.